The molecule has 1 atom stereocenters. The first kappa shape index (κ1) is 14.3. The van der Waals surface area contributed by atoms with Crippen LogP contribution in [0.25, 0.3) is 0 Å². The van der Waals surface area contributed by atoms with E-state index in [-0.39, 0.29) is 5.44 Å². The molecule has 0 aliphatic carbocycles. The summed E-state index contributed by atoms with van der Waals surface area (Å²) in [5.41, 5.74) is 5.55. The second-order valence-corrected chi connectivity index (χ2v) is 4.85. The van der Waals surface area contributed by atoms with Gasteiger partial charge in [-0.15, -0.1) is 0 Å². The van der Waals surface area contributed by atoms with Crippen molar-refractivity contribution in [3.8, 4) is 5.75 Å². The second-order valence-electron chi connectivity index (χ2n) is 3.51. The number of thioether (sulfide) groups is 1. The highest BCUT2D eigenvalue weighted by Gasteiger charge is 2.11. The SMILES string of the molecule is C/C=C(\SC(C)Oc1ccc(C=O)cc1)C(N)=O. The third-order valence-electron chi connectivity index (χ3n) is 2.12. The molecule has 0 fully saturated rings. The Bertz CT molecular complexity index is 454. The molecule has 0 aliphatic heterocycles. The fraction of sp³-hybridized carbons (Fsp3) is 0.231. The van der Waals surface area contributed by atoms with Crippen LogP contribution in [0.4, 0.5) is 0 Å². The number of carbonyl (C=O) groups excluding carboxylic acids is 2. The van der Waals surface area contributed by atoms with E-state index in [0.717, 1.165) is 6.29 Å². The molecule has 4 nitrogen and oxygen atoms in total. The predicted octanol–water partition coefficient (Wildman–Crippen LogP) is 2.35. The number of carbonyl (C=O) groups is 2. The van der Waals surface area contributed by atoms with Crippen molar-refractivity contribution in [2.75, 3.05) is 0 Å². The van der Waals surface area contributed by atoms with Crippen molar-refractivity contribution in [2.45, 2.75) is 19.3 Å². The number of hydrogen-bond donors (Lipinski definition) is 1. The van der Waals surface area contributed by atoms with Crippen LogP contribution in [0.5, 0.6) is 5.75 Å². The zero-order chi connectivity index (χ0) is 13.5. The van der Waals surface area contributed by atoms with Gasteiger partial charge in [-0.05, 0) is 38.1 Å². The first-order chi connectivity index (χ1) is 8.56. The molecule has 0 bridgehead atoms. The Labute approximate surface area is 110 Å². The number of allylic oxidation sites excluding steroid dienone is 1. The molecule has 1 unspecified atom stereocenters. The molecule has 1 amide bonds. The number of amides is 1. The lowest BCUT2D eigenvalue weighted by atomic mass is 10.2. The van der Waals surface area contributed by atoms with Gasteiger partial charge < -0.3 is 10.5 Å². The molecule has 5 heteroatoms. The fourth-order valence-electron chi connectivity index (χ4n) is 1.29. The minimum absolute atomic E-state index is 0.245. The molecule has 18 heavy (non-hydrogen) atoms. The highest BCUT2D eigenvalue weighted by molar-refractivity contribution is 8.04. The molecule has 0 aromatic heterocycles. The van der Waals surface area contributed by atoms with Crippen LogP contribution in [0.3, 0.4) is 0 Å². The number of nitrogens with two attached hydrogens (primary N) is 1. The highest BCUT2D eigenvalue weighted by atomic mass is 32.2. The number of primary amides is 1. The van der Waals surface area contributed by atoms with E-state index in [2.05, 4.69) is 0 Å². The summed E-state index contributed by atoms with van der Waals surface area (Å²) in [6.07, 6.45) is 2.43. The lowest BCUT2D eigenvalue weighted by Crippen LogP contribution is -2.16. The molecule has 0 saturated heterocycles. The molecule has 0 aliphatic rings. The van der Waals surface area contributed by atoms with E-state index in [9.17, 15) is 9.59 Å². The van der Waals surface area contributed by atoms with E-state index >= 15 is 0 Å². The third-order valence-corrected chi connectivity index (χ3v) is 3.24. The van der Waals surface area contributed by atoms with Crippen molar-refractivity contribution in [3.63, 3.8) is 0 Å². The molecule has 1 aromatic rings. The number of hydrogen-bond acceptors (Lipinski definition) is 4. The summed E-state index contributed by atoms with van der Waals surface area (Å²) < 4.78 is 5.59. The zero-order valence-electron chi connectivity index (χ0n) is 10.3. The number of rotatable bonds is 6. The van der Waals surface area contributed by atoms with Gasteiger partial charge in [0.2, 0.25) is 0 Å². The van der Waals surface area contributed by atoms with Crippen molar-refractivity contribution >= 4 is 24.0 Å². The minimum Gasteiger partial charge on any atom is -0.480 e. The summed E-state index contributed by atoms with van der Waals surface area (Å²) in [6.45, 7) is 3.57. The predicted molar refractivity (Wildman–Crippen MR) is 72.5 cm³/mol. The summed E-state index contributed by atoms with van der Waals surface area (Å²) in [7, 11) is 0. The molecule has 0 radical (unpaired) electrons. The molecular weight excluding hydrogens is 250 g/mol. The second kappa shape index (κ2) is 6.86. The van der Waals surface area contributed by atoms with Gasteiger partial charge in [0, 0.05) is 5.56 Å². The smallest absolute Gasteiger partial charge is 0.254 e. The Morgan fingerprint density at radius 3 is 2.44 bits per heavy atom. The Morgan fingerprint density at radius 1 is 1.39 bits per heavy atom. The fourth-order valence-corrected chi connectivity index (χ4v) is 2.06. The van der Waals surface area contributed by atoms with Crippen molar-refractivity contribution < 1.29 is 14.3 Å². The summed E-state index contributed by atoms with van der Waals surface area (Å²) >= 11 is 1.25. The minimum atomic E-state index is -0.464. The van der Waals surface area contributed by atoms with Crippen LogP contribution >= 0.6 is 11.8 Å². The van der Waals surface area contributed by atoms with Crippen LogP contribution in [-0.2, 0) is 4.79 Å². The van der Waals surface area contributed by atoms with E-state index in [0.29, 0.717) is 16.2 Å². The van der Waals surface area contributed by atoms with Crippen LogP contribution in [0.15, 0.2) is 35.2 Å². The van der Waals surface area contributed by atoms with Crippen molar-refractivity contribution in [3.05, 3.63) is 40.8 Å². The van der Waals surface area contributed by atoms with E-state index in [1.807, 2.05) is 6.92 Å². The Morgan fingerprint density at radius 2 is 2.00 bits per heavy atom. The molecule has 0 heterocycles. The zero-order valence-corrected chi connectivity index (χ0v) is 11.1. The summed E-state index contributed by atoms with van der Waals surface area (Å²) in [6, 6.07) is 6.76. The Hall–Kier alpha value is -1.75. The first-order valence-electron chi connectivity index (χ1n) is 5.41. The number of ether oxygens (including phenoxy) is 1. The maximum Gasteiger partial charge on any atom is 0.254 e. The molecule has 96 valence electrons. The number of aldehydes is 1. The molecule has 1 aromatic carbocycles. The maximum atomic E-state index is 11.0. The van der Waals surface area contributed by atoms with Gasteiger partial charge in [-0.3, -0.25) is 9.59 Å². The van der Waals surface area contributed by atoms with Crippen LogP contribution in [-0.4, -0.2) is 17.6 Å². The number of benzene rings is 1. The first-order valence-corrected chi connectivity index (χ1v) is 6.29. The topological polar surface area (TPSA) is 69.4 Å². The van der Waals surface area contributed by atoms with E-state index in [1.165, 1.54) is 11.8 Å². The van der Waals surface area contributed by atoms with Gasteiger partial charge in [-0.25, -0.2) is 0 Å². The van der Waals surface area contributed by atoms with Crippen LogP contribution in [0, 0.1) is 0 Å². The van der Waals surface area contributed by atoms with Gasteiger partial charge >= 0.3 is 0 Å². The van der Waals surface area contributed by atoms with Crippen LogP contribution in [0.1, 0.15) is 24.2 Å². The molecule has 2 N–H and O–H groups in total. The van der Waals surface area contributed by atoms with Crippen LogP contribution < -0.4 is 10.5 Å². The third kappa shape index (κ3) is 4.25. The van der Waals surface area contributed by atoms with Crippen molar-refractivity contribution in [1.29, 1.82) is 0 Å². The van der Waals surface area contributed by atoms with Gasteiger partial charge in [0.15, 0.2) is 0 Å². The normalized spacial score (nSPS) is 12.9. The lowest BCUT2D eigenvalue weighted by molar-refractivity contribution is -0.113. The van der Waals surface area contributed by atoms with Crippen LogP contribution in [0.2, 0.25) is 0 Å². The van der Waals surface area contributed by atoms with Gasteiger partial charge in [0.25, 0.3) is 5.91 Å². The van der Waals surface area contributed by atoms with Gasteiger partial charge in [-0.1, -0.05) is 17.8 Å². The molecule has 0 saturated carbocycles. The maximum absolute atomic E-state index is 11.0. The summed E-state index contributed by atoms with van der Waals surface area (Å²) in [5.74, 6) is 0.176. The average Bonchev–Trinajstić information content (AvgIpc) is 2.36. The Balaban J connectivity index is 2.61. The standard InChI is InChI=1S/C13H15NO3S/c1-3-12(13(14)16)18-9(2)17-11-6-4-10(8-15)5-7-11/h3-9H,1-2H3,(H2,14,16)/b12-3-. The van der Waals surface area contributed by atoms with E-state index in [1.54, 1.807) is 37.3 Å². The van der Waals surface area contributed by atoms with E-state index < -0.39 is 5.91 Å². The summed E-state index contributed by atoms with van der Waals surface area (Å²) in [5, 5.41) is 0. The van der Waals surface area contributed by atoms with Crippen molar-refractivity contribution in [2.24, 2.45) is 5.73 Å². The monoisotopic (exact) mass is 265 g/mol. The quantitative estimate of drug-likeness (QED) is 0.487. The molecule has 1 rings (SSSR count). The molecule has 0 spiro atoms. The lowest BCUT2D eigenvalue weighted by Gasteiger charge is -2.14. The molecular formula is C13H15NO3S. The largest absolute Gasteiger partial charge is 0.480 e. The average molecular weight is 265 g/mol. The highest BCUT2D eigenvalue weighted by Crippen LogP contribution is 2.24. The Kier molecular flexibility index (Phi) is 5.45. The van der Waals surface area contributed by atoms with Gasteiger partial charge in [-0.2, -0.15) is 0 Å². The van der Waals surface area contributed by atoms with Gasteiger partial charge in [0.05, 0.1) is 4.91 Å². The van der Waals surface area contributed by atoms with Crippen molar-refractivity contribution in [1.82, 2.24) is 0 Å². The van der Waals surface area contributed by atoms with Gasteiger partial charge in [0.1, 0.15) is 17.5 Å². The van der Waals surface area contributed by atoms with E-state index in [4.69, 9.17) is 10.5 Å². The summed E-state index contributed by atoms with van der Waals surface area (Å²) in [4.78, 5) is 22.0.